The van der Waals surface area contributed by atoms with E-state index < -0.39 is 0 Å². The number of anilines is 2. The fourth-order valence-corrected chi connectivity index (χ4v) is 3.22. The molecule has 8 nitrogen and oxygen atoms in total. The van der Waals surface area contributed by atoms with E-state index in [0.717, 1.165) is 21.6 Å². The van der Waals surface area contributed by atoms with Crippen LogP contribution >= 0.6 is 15.9 Å². The molecule has 0 saturated heterocycles. The third-order valence-corrected chi connectivity index (χ3v) is 4.54. The van der Waals surface area contributed by atoms with Gasteiger partial charge in [-0.1, -0.05) is 27.2 Å². The van der Waals surface area contributed by atoms with Crippen molar-refractivity contribution in [3.05, 3.63) is 53.1 Å². The number of benzene rings is 2. The molecule has 0 amide bonds. The van der Waals surface area contributed by atoms with Gasteiger partial charge < -0.3 is 14.8 Å². The minimum Gasteiger partial charge on any atom is -0.486 e. The number of aromatic nitrogens is 5. The van der Waals surface area contributed by atoms with Crippen molar-refractivity contribution in [3.63, 3.8) is 0 Å². The van der Waals surface area contributed by atoms with E-state index >= 15 is 0 Å². The van der Waals surface area contributed by atoms with E-state index in [2.05, 4.69) is 41.5 Å². The quantitative estimate of drug-likeness (QED) is 0.538. The number of halogens is 1. The highest BCUT2D eigenvalue weighted by Crippen LogP contribution is 2.32. The van der Waals surface area contributed by atoms with Gasteiger partial charge in [-0.15, -0.1) is 5.10 Å². The van der Waals surface area contributed by atoms with Crippen LogP contribution in [0.3, 0.4) is 0 Å². The molecule has 0 radical (unpaired) electrons. The first-order valence-corrected chi connectivity index (χ1v) is 9.07. The largest absolute Gasteiger partial charge is 0.486 e. The summed E-state index contributed by atoms with van der Waals surface area (Å²) in [6.07, 6.45) is 1.64. The van der Waals surface area contributed by atoms with Crippen LogP contribution in [0.4, 0.5) is 11.6 Å². The van der Waals surface area contributed by atoms with E-state index in [0.29, 0.717) is 36.1 Å². The standard InChI is InChI=1S/C18H13BrN6O2/c19-11-2-1-3-12(8-11)21-18-20-10-14-17(22-18)25(24-23-14)13-4-5-15-16(9-13)27-7-6-26-15/h1-5,8-10H,6-7H2,(H,20,21,22). The molecule has 9 heteroatoms. The molecule has 0 unspecified atom stereocenters. The fourth-order valence-electron chi connectivity index (χ4n) is 2.82. The Bertz CT molecular complexity index is 1150. The average molecular weight is 425 g/mol. The molecule has 0 spiro atoms. The summed E-state index contributed by atoms with van der Waals surface area (Å²) >= 11 is 3.45. The number of fused-ring (bicyclic) bond motifs is 2. The highest BCUT2D eigenvalue weighted by atomic mass is 79.9. The van der Waals surface area contributed by atoms with Crippen LogP contribution in [0.1, 0.15) is 0 Å². The van der Waals surface area contributed by atoms with Gasteiger partial charge >= 0.3 is 0 Å². The normalized spacial score (nSPS) is 12.9. The van der Waals surface area contributed by atoms with Crippen molar-refractivity contribution in [2.45, 2.75) is 0 Å². The van der Waals surface area contributed by atoms with Crippen LogP contribution < -0.4 is 14.8 Å². The summed E-state index contributed by atoms with van der Waals surface area (Å²) in [6.45, 7) is 1.08. The zero-order chi connectivity index (χ0) is 18.2. The molecule has 1 N–H and O–H groups in total. The van der Waals surface area contributed by atoms with Gasteiger partial charge in [0.05, 0.1) is 11.9 Å². The predicted molar refractivity (Wildman–Crippen MR) is 103 cm³/mol. The van der Waals surface area contributed by atoms with Gasteiger partial charge in [0.15, 0.2) is 22.7 Å². The van der Waals surface area contributed by atoms with Crippen molar-refractivity contribution in [2.24, 2.45) is 0 Å². The van der Waals surface area contributed by atoms with Crippen LogP contribution in [0.15, 0.2) is 53.1 Å². The molecule has 0 aliphatic carbocycles. The Kier molecular flexibility index (Phi) is 3.86. The lowest BCUT2D eigenvalue weighted by molar-refractivity contribution is 0.171. The molecule has 0 saturated carbocycles. The van der Waals surface area contributed by atoms with Gasteiger partial charge in [0.2, 0.25) is 5.95 Å². The van der Waals surface area contributed by atoms with Gasteiger partial charge in [-0.25, -0.2) is 4.98 Å². The Labute approximate surface area is 162 Å². The zero-order valence-electron chi connectivity index (χ0n) is 14.0. The maximum Gasteiger partial charge on any atom is 0.229 e. The first-order chi connectivity index (χ1) is 13.3. The second kappa shape index (κ2) is 6.51. The van der Waals surface area contributed by atoms with Crippen LogP contribution in [0, 0.1) is 0 Å². The monoisotopic (exact) mass is 424 g/mol. The summed E-state index contributed by atoms with van der Waals surface area (Å²) in [5, 5.41) is 11.5. The van der Waals surface area contributed by atoms with Crippen molar-refractivity contribution in [1.82, 2.24) is 25.0 Å². The molecule has 2 aromatic carbocycles. The van der Waals surface area contributed by atoms with Crippen molar-refractivity contribution in [3.8, 4) is 17.2 Å². The highest BCUT2D eigenvalue weighted by molar-refractivity contribution is 9.10. The van der Waals surface area contributed by atoms with Crippen LogP contribution in [0.2, 0.25) is 0 Å². The van der Waals surface area contributed by atoms with E-state index in [1.165, 1.54) is 0 Å². The first-order valence-electron chi connectivity index (χ1n) is 8.27. The molecular weight excluding hydrogens is 412 g/mol. The molecule has 5 rings (SSSR count). The highest BCUT2D eigenvalue weighted by Gasteiger charge is 2.15. The Balaban J connectivity index is 1.54. The van der Waals surface area contributed by atoms with Gasteiger partial charge in [0, 0.05) is 16.2 Å². The SMILES string of the molecule is Brc1cccc(Nc2ncc3nnn(-c4ccc5c(c4)OCCO5)c3n2)c1. The average Bonchev–Trinajstić information content (AvgIpc) is 3.11. The lowest BCUT2D eigenvalue weighted by Crippen LogP contribution is -2.15. The maximum absolute atomic E-state index is 5.65. The van der Waals surface area contributed by atoms with Gasteiger partial charge in [0.25, 0.3) is 0 Å². The number of nitrogens with one attached hydrogen (secondary N) is 1. The van der Waals surface area contributed by atoms with Crippen molar-refractivity contribution in [1.29, 1.82) is 0 Å². The van der Waals surface area contributed by atoms with Gasteiger partial charge in [0.1, 0.15) is 13.2 Å². The third kappa shape index (κ3) is 3.06. The lowest BCUT2D eigenvalue weighted by Gasteiger charge is -2.18. The Morgan fingerprint density at radius 2 is 1.93 bits per heavy atom. The molecule has 0 atom stereocenters. The lowest BCUT2D eigenvalue weighted by atomic mass is 10.2. The summed E-state index contributed by atoms with van der Waals surface area (Å²) in [6, 6.07) is 13.4. The summed E-state index contributed by atoms with van der Waals surface area (Å²) in [5.74, 6) is 1.87. The Hall–Kier alpha value is -3.20. The predicted octanol–water partition coefficient (Wildman–Crippen LogP) is 3.49. The van der Waals surface area contributed by atoms with Crippen molar-refractivity contribution < 1.29 is 9.47 Å². The minimum atomic E-state index is 0.460. The zero-order valence-corrected chi connectivity index (χ0v) is 15.5. The topological polar surface area (TPSA) is 87.0 Å². The molecule has 134 valence electrons. The molecule has 1 aliphatic rings. The van der Waals surface area contributed by atoms with Crippen LogP contribution in [-0.4, -0.2) is 38.2 Å². The van der Waals surface area contributed by atoms with E-state index in [4.69, 9.17) is 9.47 Å². The molecule has 0 fully saturated rings. The smallest absolute Gasteiger partial charge is 0.229 e. The summed E-state index contributed by atoms with van der Waals surface area (Å²) in [4.78, 5) is 8.89. The molecule has 0 bridgehead atoms. The van der Waals surface area contributed by atoms with Gasteiger partial charge in [-0.2, -0.15) is 9.67 Å². The molecule has 2 aromatic heterocycles. The summed E-state index contributed by atoms with van der Waals surface area (Å²) in [7, 11) is 0. The number of ether oxygens (including phenoxy) is 2. The number of hydrogen-bond donors (Lipinski definition) is 1. The maximum atomic E-state index is 5.65. The number of nitrogens with zero attached hydrogens (tertiary/aromatic N) is 5. The molecular formula is C18H13BrN6O2. The summed E-state index contributed by atoms with van der Waals surface area (Å²) in [5.41, 5.74) is 2.86. The van der Waals surface area contributed by atoms with Gasteiger partial charge in [-0.05, 0) is 30.3 Å². The van der Waals surface area contributed by atoms with E-state index in [-0.39, 0.29) is 0 Å². The second-order valence-electron chi connectivity index (χ2n) is 5.87. The Morgan fingerprint density at radius 1 is 1.04 bits per heavy atom. The molecule has 1 aliphatic heterocycles. The van der Waals surface area contributed by atoms with Crippen molar-refractivity contribution in [2.75, 3.05) is 18.5 Å². The molecule has 3 heterocycles. The van der Waals surface area contributed by atoms with Crippen LogP contribution in [0.5, 0.6) is 11.5 Å². The van der Waals surface area contributed by atoms with Gasteiger partial charge in [-0.3, -0.25) is 0 Å². The van der Waals surface area contributed by atoms with E-state index in [9.17, 15) is 0 Å². The van der Waals surface area contributed by atoms with E-state index in [1.807, 2.05) is 42.5 Å². The van der Waals surface area contributed by atoms with Crippen molar-refractivity contribution >= 4 is 38.7 Å². The number of rotatable bonds is 3. The number of hydrogen-bond acceptors (Lipinski definition) is 7. The third-order valence-electron chi connectivity index (χ3n) is 4.04. The van der Waals surface area contributed by atoms with Crippen LogP contribution in [0.25, 0.3) is 16.9 Å². The molecule has 27 heavy (non-hydrogen) atoms. The minimum absolute atomic E-state index is 0.460. The Morgan fingerprint density at radius 3 is 2.81 bits per heavy atom. The van der Waals surface area contributed by atoms with E-state index in [1.54, 1.807) is 10.9 Å². The van der Waals surface area contributed by atoms with Crippen LogP contribution in [-0.2, 0) is 0 Å². The summed E-state index contributed by atoms with van der Waals surface area (Å²) < 4.78 is 13.8. The fraction of sp³-hybridized carbons (Fsp3) is 0.111. The second-order valence-corrected chi connectivity index (χ2v) is 6.78. The first kappa shape index (κ1) is 16.0. The molecule has 4 aromatic rings.